The molecule has 1 rings (SSSR count). The molecule has 18 heavy (non-hydrogen) atoms. The van der Waals surface area contributed by atoms with E-state index < -0.39 is 0 Å². The molecule has 0 amide bonds. The number of hydrogen-bond donors (Lipinski definition) is 3. The third-order valence-corrected chi connectivity index (χ3v) is 1.98. The summed E-state index contributed by atoms with van der Waals surface area (Å²) in [4.78, 5) is 0. The van der Waals surface area contributed by atoms with Crippen molar-refractivity contribution in [3.05, 3.63) is 0 Å². The van der Waals surface area contributed by atoms with Crippen LogP contribution in [0.5, 0.6) is 0 Å². The van der Waals surface area contributed by atoms with Crippen LogP contribution in [0.4, 0.5) is 0 Å². The number of likely N-dealkylation sites (N-methyl/N-ethyl adjacent to an activating group) is 1. The Labute approximate surface area is 111 Å². The van der Waals surface area contributed by atoms with Crippen molar-refractivity contribution in [2.24, 2.45) is 5.73 Å². The molecule has 1 saturated heterocycles. The molecule has 0 bridgehead atoms. The average Bonchev–Trinajstić information content (AvgIpc) is 3.16. The van der Waals surface area contributed by atoms with Crippen LogP contribution in [0, 0.1) is 0 Å². The standard InChI is InChI=1S/C5H12O2.C4H8O2.C3H10N2/c1-3-5(6)4-7-2;1-5-2-4-3-6-4;1-5-3-2-4/h5-6H,3-4H2,1-2H3;4H,2-3H2,1H3;5H,2-4H2,1H3. The molecule has 0 aliphatic carbocycles. The van der Waals surface area contributed by atoms with E-state index >= 15 is 0 Å². The van der Waals surface area contributed by atoms with E-state index in [1.807, 2.05) is 14.0 Å². The predicted molar refractivity (Wildman–Crippen MR) is 72.8 cm³/mol. The van der Waals surface area contributed by atoms with Crippen LogP contribution in [0.25, 0.3) is 0 Å². The van der Waals surface area contributed by atoms with Gasteiger partial charge in [0.05, 0.1) is 25.9 Å². The van der Waals surface area contributed by atoms with Gasteiger partial charge in [-0.15, -0.1) is 0 Å². The highest BCUT2D eigenvalue weighted by Crippen LogP contribution is 2.06. The molecule has 1 heterocycles. The van der Waals surface area contributed by atoms with Gasteiger partial charge in [-0.25, -0.2) is 0 Å². The van der Waals surface area contributed by atoms with Crippen LogP contribution in [0.3, 0.4) is 0 Å². The number of rotatable bonds is 7. The molecule has 4 N–H and O–H groups in total. The van der Waals surface area contributed by atoms with Crippen molar-refractivity contribution in [3.63, 3.8) is 0 Å². The Bertz CT molecular complexity index is 144. The fourth-order valence-electron chi connectivity index (χ4n) is 0.805. The van der Waals surface area contributed by atoms with E-state index in [4.69, 9.17) is 20.3 Å². The summed E-state index contributed by atoms with van der Waals surface area (Å²) in [7, 11) is 5.15. The van der Waals surface area contributed by atoms with Gasteiger partial charge in [0.2, 0.25) is 0 Å². The number of aliphatic hydroxyl groups is 1. The summed E-state index contributed by atoms with van der Waals surface area (Å²) >= 11 is 0. The zero-order valence-electron chi connectivity index (χ0n) is 12.1. The molecule has 112 valence electrons. The molecule has 1 fully saturated rings. The van der Waals surface area contributed by atoms with E-state index in [0.29, 0.717) is 12.7 Å². The molecule has 6 heteroatoms. The molecule has 6 nitrogen and oxygen atoms in total. The van der Waals surface area contributed by atoms with Gasteiger partial charge < -0.3 is 30.4 Å². The van der Waals surface area contributed by atoms with Gasteiger partial charge in [-0.3, -0.25) is 0 Å². The molecule has 0 aromatic carbocycles. The largest absolute Gasteiger partial charge is 0.391 e. The third kappa shape index (κ3) is 21.1. The Kier molecular flexibility index (Phi) is 18.7. The summed E-state index contributed by atoms with van der Waals surface area (Å²) in [6, 6.07) is 0. The lowest BCUT2D eigenvalue weighted by atomic mass is 10.3. The molecule has 0 aromatic rings. The van der Waals surface area contributed by atoms with Crippen molar-refractivity contribution in [1.29, 1.82) is 0 Å². The van der Waals surface area contributed by atoms with Gasteiger partial charge in [0, 0.05) is 27.3 Å². The van der Waals surface area contributed by atoms with Gasteiger partial charge in [-0.1, -0.05) is 6.92 Å². The zero-order chi connectivity index (χ0) is 14.2. The minimum Gasteiger partial charge on any atom is -0.391 e. The first kappa shape index (κ1) is 20.1. The van der Waals surface area contributed by atoms with Crippen LogP contribution in [-0.4, -0.2) is 71.5 Å². The predicted octanol–water partition coefficient (Wildman–Crippen LogP) is -0.400. The number of aliphatic hydroxyl groups excluding tert-OH is 1. The Morgan fingerprint density at radius 3 is 2.17 bits per heavy atom. The minimum atomic E-state index is -0.273. The molecule has 0 radical (unpaired) electrons. The van der Waals surface area contributed by atoms with Crippen molar-refractivity contribution >= 4 is 0 Å². The van der Waals surface area contributed by atoms with Crippen molar-refractivity contribution < 1.29 is 19.3 Å². The van der Waals surface area contributed by atoms with Gasteiger partial charge in [0.25, 0.3) is 0 Å². The van der Waals surface area contributed by atoms with Crippen LogP contribution < -0.4 is 11.1 Å². The number of epoxide rings is 1. The molecule has 0 saturated carbocycles. The second-order valence-electron chi connectivity index (χ2n) is 3.82. The van der Waals surface area contributed by atoms with Crippen molar-refractivity contribution in [2.45, 2.75) is 25.6 Å². The number of nitrogens with one attached hydrogen (secondary N) is 1. The van der Waals surface area contributed by atoms with Crippen molar-refractivity contribution in [1.82, 2.24) is 5.32 Å². The fourth-order valence-corrected chi connectivity index (χ4v) is 0.805. The van der Waals surface area contributed by atoms with Crippen LogP contribution in [0.15, 0.2) is 0 Å². The zero-order valence-corrected chi connectivity index (χ0v) is 12.1. The van der Waals surface area contributed by atoms with Crippen LogP contribution in [-0.2, 0) is 14.2 Å². The minimum absolute atomic E-state index is 0.273. The Morgan fingerprint density at radius 1 is 1.44 bits per heavy atom. The van der Waals surface area contributed by atoms with E-state index in [1.165, 1.54) is 0 Å². The normalized spacial score (nSPS) is 18.0. The molecule has 1 aliphatic rings. The second kappa shape index (κ2) is 16.8. The number of hydrogen-bond acceptors (Lipinski definition) is 6. The first-order valence-electron chi connectivity index (χ1n) is 6.28. The SMILES string of the molecule is CCC(O)COC.CNCCN.COCC1CO1. The lowest BCUT2D eigenvalue weighted by Gasteiger charge is -2.02. The molecule has 2 atom stereocenters. The first-order chi connectivity index (χ1) is 8.65. The van der Waals surface area contributed by atoms with Gasteiger partial charge >= 0.3 is 0 Å². The van der Waals surface area contributed by atoms with Crippen molar-refractivity contribution in [3.8, 4) is 0 Å². The van der Waals surface area contributed by atoms with Crippen molar-refractivity contribution in [2.75, 3.05) is 54.2 Å². The van der Waals surface area contributed by atoms with E-state index in [1.54, 1.807) is 14.2 Å². The molecule has 2 unspecified atom stereocenters. The van der Waals surface area contributed by atoms with Crippen LogP contribution in [0.2, 0.25) is 0 Å². The van der Waals surface area contributed by atoms with E-state index in [-0.39, 0.29) is 6.10 Å². The molecule has 0 spiro atoms. The van der Waals surface area contributed by atoms with Crippen LogP contribution >= 0.6 is 0 Å². The highest BCUT2D eigenvalue weighted by atomic mass is 16.6. The van der Waals surface area contributed by atoms with Gasteiger partial charge in [-0.2, -0.15) is 0 Å². The second-order valence-corrected chi connectivity index (χ2v) is 3.82. The summed E-state index contributed by atoms with van der Waals surface area (Å²) < 4.78 is 14.2. The summed E-state index contributed by atoms with van der Waals surface area (Å²) in [5.74, 6) is 0. The Balaban J connectivity index is 0. The maximum atomic E-state index is 8.73. The van der Waals surface area contributed by atoms with Gasteiger partial charge in [0.15, 0.2) is 0 Å². The Hall–Kier alpha value is -0.240. The monoisotopic (exact) mass is 266 g/mol. The topological polar surface area (TPSA) is 89.3 Å². The van der Waals surface area contributed by atoms with Gasteiger partial charge in [0.1, 0.15) is 6.10 Å². The molecule has 0 aromatic heterocycles. The van der Waals surface area contributed by atoms with E-state index in [2.05, 4.69) is 10.1 Å². The van der Waals surface area contributed by atoms with Crippen LogP contribution in [0.1, 0.15) is 13.3 Å². The molecular formula is C12H30N2O4. The molecular weight excluding hydrogens is 236 g/mol. The molecule has 1 aliphatic heterocycles. The maximum absolute atomic E-state index is 8.73. The van der Waals surface area contributed by atoms with E-state index in [9.17, 15) is 0 Å². The quantitative estimate of drug-likeness (QED) is 0.543. The average molecular weight is 266 g/mol. The lowest BCUT2D eigenvalue weighted by Crippen LogP contribution is -2.17. The number of methoxy groups -OCH3 is 2. The number of ether oxygens (including phenoxy) is 3. The summed E-state index contributed by atoms with van der Waals surface area (Å²) in [6.07, 6.45) is 0.924. The van der Waals surface area contributed by atoms with Gasteiger partial charge in [-0.05, 0) is 13.5 Å². The lowest BCUT2D eigenvalue weighted by molar-refractivity contribution is 0.0625. The summed E-state index contributed by atoms with van der Waals surface area (Å²) in [5, 5.41) is 11.6. The highest BCUT2D eigenvalue weighted by Gasteiger charge is 2.21. The number of nitrogens with two attached hydrogens (primary N) is 1. The maximum Gasteiger partial charge on any atom is 0.104 e. The summed E-state index contributed by atoms with van der Waals surface area (Å²) in [5.41, 5.74) is 5.08. The summed E-state index contributed by atoms with van der Waals surface area (Å²) in [6.45, 7) is 5.69. The Morgan fingerprint density at radius 2 is 2.06 bits per heavy atom. The smallest absolute Gasteiger partial charge is 0.104 e. The third-order valence-electron chi connectivity index (χ3n) is 1.98. The fraction of sp³-hybridized carbons (Fsp3) is 1.00. The highest BCUT2D eigenvalue weighted by molar-refractivity contribution is 4.66. The van der Waals surface area contributed by atoms with E-state index in [0.717, 1.165) is 32.7 Å². The first-order valence-corrected chi connectivity index (χ1v) is 6.28.